The summed E-state index contributed by atoms with van der Waals surface area (Å²) in [5.41, 5.74) is 8.94. The third-order valence-electron chi connectivity index (χ3n) is 3.43. The molecule has 1 aliphatic heterocycles. The van der Waals surface area contributed by atoms with Gasteiger partial charge in [0.2, 0.25) is 0 Å². The fraction of sp³-hybridized carbons (Fsp3) is 0.571. The zero-order valence-corrected chi connectivity index (χ0v) is 10.7. The summed E-state index contributed by atoms with van der Waals surface area (Å²) in [6.07, 6.45) is 1.07. The molecule has 1 heterocycles. The van der Waals surface area contributed by atoms with Crippen LogP contribution in [0, 0.1) is 0 Å². The molecule has 1 aromatic rings. The molecule has 0 bridgehead atoms. The van der Waals surface area contributed by atoms with Crippen molar-refractivity contribution in [3.63, 3.8) is 0 Å². The molecule has 0 aliphatic carbocycles. The molecule has 0 aromatic heterocycles. The molecule has 0 saturated heterocycles. The summed E-state index contributed by atoms with van der Waals surface area (Å²) in [6.45, 7) is 8.72. The summed E-state index contributed by atoms with van der Waals surface area (Å²) >= 11 is 0. The van der Waals surface area contributed by atoms with E-state index >= 15 is 0 Å². The Balaban J connectivity index is 2.42. The highest BCUT2D eigenvalue weighted by atomic mass is 15.2. The lowest BCUT2D eigenvalue weighted by atomic mass is 9.92. The largest absolute Gasteiger partial charge is 0.364 e. The molecule has 0 radical (unpaired) electrons. The van der Waals surface area contributed by atoms with Crippen molar-refractivity contribution in [1.82, 2.24) is 0 Å². The second kappa shape index (κ2) is 3.77. The molecule has 1 atom stereocenters. The molecular weight excluding hydrogens is 196 g/mol. The molecule has 88 valence electrons. The van der Waals surface area contributed by atoms with E-state index in [0.717, 1.165) is 6.42 Å². The molecule has 2 nitrogen and oxygen atoms in total. The van der Waals surface area contributed by atoms with E-state index in [-0.39, 0.29) is 5.54 Å². The van der Waals surface area contributed by atoms with Gasteiger partial charge in [0.15, 0.2) is 0 Å². The molecule has 1 aliphatic rings. The highest BCUT2D eigenvalue weighted by molar-refractivity contribution is 5.60. The van der Waals surface area contributed by atoms with Crippen molar-refractivity contribution in [2.45, 2.75) is 51.7 Å². The monoisotopic (exact) mass is 218 g/mol. The van der Waals surface area contributed by atoms with Gasteiger partial charge in [-0.05, 0) is 45.7 Å². The van der Waals surface area contributed by atoms with Gasteiger partial charge in [0.05, 0.1) is 6.04 Å². The summed E-state index contributed by atoms with van der Waals surface area (Å²) in [5.74, 6) is 0. The number of fused-ring (bicyclic) bond motifs is 1. The van der Waals surface area contributed by atoms with Crippen molar-refractivity contribution in [1.29, 1.82) is 0 Å². The first-order chi connectivity index (χ1) is 7.41. The molecule has 2 rings (SSSR count). The van der Waals surface area contributed by atoms with Gasteiger partial charge < -0.3 is 10.6 Å². The molecule has 0 spiro atoms. The first kappa shape index (κ1) is 11.5. The molecule has 0 saturated carbocycles. The SMILES string of the molecule is CC(C)N1c2ccccc2CC1C(C)(C)N. The van der Waals surface area contributed by atoms with E-state index in [0.29, 0.717) is 12.1 Å². The van der Waals surface area contributed by atoms with Crippen LogP contribution in [0.25, 0.3) is 0 Å². The van der Waals surface area contributed by atoms with Crippen LogP contribution in [0.1, 0.15) is 33.3 Å². The third kappa shape index (κ3) is 1.82. The summed E-state index contributed by atoms with van der Waals surface area (Å²) in [6, 6.07) is 9.56. The molecule has 2 heteroatoms. The van der Waals surface area contributed by atoms with Gasteiger partial charge in [0.1, 0.15) is 0 Å². The van der Waals surface area contributed by atoms with Gasteiger partial charge in [-0.2, -0.15) is 0 Å². The maximum Gasteiger partial charge on any atom is 0.0508 e. The van der Waals surface area contributed by atoms with E-state index in [1.807, 2.05) is 0 Å². The van der Waals surface area contributed by atoms with Crippen molar-refractivity contribution >= 4 is 5.69 Å². The molecule has 2 N–H and O–H groups in total. The minimum absolute atomic E-state index is 0.163. The average molecular weight is 218 g/mol. The lowest BCUT2D eigenvalue weighted by Gasteiger charge is -2.39. The predicted molar refractivity (Wildman–Crippen MR) is 69.8 cm³/mol. The minimum Gasteiger partial charge on any atom is -0.364 e. The number of hydrogen-bond acceptors (Lipinski definition) is 2. The Kier molecular flexibility index (Phi) is 2.70. The van der Waals surface area contributed by atoms with E-state index < -0.39 is 0 Å². The molecule has 1 aromatic carbocycles. The maximum atomic E-state index is 6.31. The zero-order chi connectivity index (χ0) is 11.9. The van der Waals surface area contributed by atoms with Gasteiger partial charge in [-0.1, -0.05) is 18.2 Å². The van der Waals surface area contributed by atoms with Crippen LogP contribution in [0.4, 0.5) is 5.69 Å². The number of rotatable bonds is 2. The fourth-order valence-electron chi connectivity index (χ4n) is 2.67. The van der Waals surface area contributed by atoms with E-state index in [4.69, 9.17) is 5.73 Å². The average Bonchev–Trinajstić information content (AvgIpc) is 2.55. The van der Waals surface area contributed by atoms with Gasteiger partial charge in [0, 0.05) is 17.3 Å². The number of para-hydroxylation sites is 1. The van der Waals surface area contributed by atoms with Crippen LogP contribution in [0.15, 0.2) is 24.3 Å². The number of nitrogens with two attached hydrogens (primary N) is 1. The lowest BCUT2D eigenvalue weighted by Crippen LogP contribution is -2.55. The highest BCUT2D eigenvalue weighted by Crippen LogP contribution is 2.36. The van der Waals surface area contributed by atoms with Crippen molar-refractivity contribution in [2.24, 2.45) is 5.73 Å². The third-order valence-corrected chi connectivity index (χ3v) is 3.43. The second-order valence-electron chi connectivity index (χ2n) is 5.67. The maximum absolute atomic E-state index is 6.31. The Morgan fingerprint density at radius 3 is 2.50 bits per heavy atom. The number of benzene rings is 1. The van der Waals surface area contributed by atoms with Crippen molar-refractivity contribution in [3.05, 3.63) is 29.8 Å². The highest BCUT2D eigenvalue weighted by Gasteiger charge is 2.38. The summed E-state index contributed by atoms with van der Waals surface area (Å²) in [7, 11) is 0. The zero-order valence-electron chi connectivity index (χ0n) is 10.7. The molecule has 1 unspecified atom stereocenters. The smallest absolute Gasteiger partial charge is 0.0508 e. The normalized spacial score (nSPS) is 20.4. The Morgan fingerprint density at radius 1 is 1.31 bits per heavy atom. The predicted octanol–water partition coefficient (Wildman–Crippen LogP) is 2.56. The van der Waals surface area contributed by atoms with Gasteiger partial charge in [-0.3, -0.25) is 0 Å². The van der Waals surface area contributed by atoms with E-state index in [1.54, 1.807) is 0 Å². The van der Waals surface area contributed by atoms with Crippen LogP contribution in [0.5, 0.6) is 0 Å². The van der Waals surface area contributed by atoms with Gasteiger partial charge in [0.25, 0.3) is 0 Å². The molecule has 16 heavy (non-hydrogen) atoms. The van der Waals surface area contributed by atoms with E-state index in [9.17, 15) is 0 Å². The van der Waals surface area contributed by atoms with Crippen molar-refractivity contribution in [3.8, 4) is 0 Å². The van der Waals surface area contributed by atoms with Crippen LogP contribution in [0.2, 0.25) is 0 Å². The molecular formula is C14H22N2. The number of nitrogens with zero attached hydrogens (tertiary/aromatic N) is 1. The Hall–Kier alpha value is -1.02. The first-order valence-corrected chi connectivity index (χ1v) is 6.06. The van der Waals surface area contributed by atoms with Crippen molar-refractivity contribution < 1.29 is 0 Å². The Labute approximate surface area is 98.4 Å². The van der Waals surface area contributed by atoms with E-state index in [2.05, 4.69) is 56.9 Å². The molecule has 0 fully saturated rings. The quantitative estimate of drug-likeness (QED) is 0.826. The Bertz CT molecular complexity index is 377. The van der Waals surface area contributed by atoms with E-state index in [1.165, 1.54) is 11.3 Å². The van der Waals surface area contributed by atoms with Gasteiger partial charge in [-0.25, -0.2) is 0 Å². The number of hydrogen-bond donors (Lipinski definition) is 1. The second-order valence-corrected chi connectivity index (χ2v) is 5.67. The Morgan fingerprint density at radius 2 is 1.94 bits per heavy atom. The topological polar surface area (TPSA) is 29.3 Å². The lowest BCUT2D eigenvalue weighted by molar-refractivity contribution is 0.381. The van der Waals surface area contributed by atoms with Crippen LogP contribution < -0.4 is 10.6 Å². The summed E-state index contributed by atoms with van der Waals surface area (Å²) in [5, 5.41) is 0. The van der Waals surface area contributed by atoms with Crippen LogP contribution in [-0.4, -0.2) is 17.6 Å². The number of anilines is 1. The van der Waals surface area contributed by atoms with Gasteiger partial charge in [-0.15, -0.1) is 0 Å². The van der Waals surface area contributed by atoms with Gasteiger partial charge >= 0.3 is 0 Å². The minimum atomic E-state index is -0.163. The van der Waals surface area contributed by atoms with Crippen LogP contribution in [0.3, 0.4) is 0 Å². The first-order valence-electron chi connectivity index (χ1n) is 6.06. The van der Waals surface area contributed by atoms with Crippen LogP contribution >= 0.6 is 0 Å². The summed E-state index contributed by atoms with van der Waals surface area (Å²) < 4.78 is 0. The van der Waals surface area contributed by atoms with Crippen LogP contribution in [-0.2, 0) is 6.42 Å². The van der Waals surface area contributed by atoms with Crippen molar-refractivity contribution in [2.75, 3.05) is 4.90 Å². The summed E-state index contributed by atoms with van der Waals surface area (Å²) in [4.78, 5) is 2.47. The molecule has 0 amide bonds. The fourth-order valence-corrected chi connectivity index (χ4v) is 2.67. The standard InChI is InChI=1S/C14H22N2/c1-10(2)16-12-8-6-5-7-11(12)9-13(16)14(3,4)15/h5-8,10,13H,9,15H2,1-4H3.